The van der Waals surface area contributed by atoms with Crippen LogP contribution in [0.25, 0.3) is 11.3 Å². The van der Waals surface area contributed by atoms with Gasteiger partial charge in [0.05, 0.1) is 16.8 Å². The molecule has 1 N–H and O–H groups in total. The molecule has 4 nitrogen and oxygen atoms in total. The second-order valence-electron chi connectivity index (χ2n) is 9.19. The Kier molecular flexibility index (Phi) is 4.52. The Morgan fingerprint density at radius 2 is 2.04 bits per heavy atom. The number of aromatic nitrogens is 2. The molecule has 1 aromatic carbocycles. The Morgan fingerprint density at radius 1 is 1.29 bits per heavy atom. The first-order valence-electron chi connectivity index (χ1n) is 10.2. The minimum Gasteiger partial charge on any atom is -0.355 e. The van der Waals surface area contributed by atoms with Crippen molar-refractivity contribution in [1.82, 2.24) is 15.5 Å². The molecule has 1 aromatic heterocycles. The van der Waals surface area contributed by atoms with Crippen LogP contribution in [-0.2, 0) is 10.2 Å². The van der Waals surface area contributed by atoms with Crippen LogP contribution in [0, 0.1) is 17.2 Å². The molecular formula is C23H28FN3O. The van der Waals surface area contributed by atoms with Crippen molar-refractivity contribution >= 4 is 5.91 Å². The average molecular weight is 381 g/mol. The Bertz CT molecular complexity index is 924. The van der Waals surface area contributed by atoms with E-state index >= 15 is 0 Å². The van der Waals surface area contributed by atoms with Crippen LogP contribution in [0.4, 0.5) is 4.39 Å². The maximum Gasteiger partial charge on any atom is 0.232 e. The maximum atomic E-state index is 14.3. The van der Waals surface area contributed by atoms with Gasteiger partial charge in [-0.2, -0.15) is 10.2 Å². The van der Waals surface area contributed by atoms with E-state index in [1.807, 2.05) is 6.07 Å². The van der Waals surface area contributed by atoms with E-state index in [-0.39, 0.29) is 23.1 Å². The lowest BCUT2D eigenvalue weighted by molar-refractivity contribution is -0.133. The van der Waals surface area contributed by atoms with Gasteiger partial charge in [-0.3, -0.25) is 4.79 Å². The van der Waals surface area contributed by atoms with Crippen molar-refractivity contribution in [2.75, 3.05) is 6.54 Å². The van der Waals surface area contributed by atoms with Crippen LogP contribution < -0.4 is 5.32 Å². The molecule has 2 aliphatic carbocycles. The highest BCUT2D eigenvalue weighted by molar-refractivity contribution is 5.91. The first-order chi connectivity index (χ1) is 13.3. The van der Waals surface area contributed by atoms with Crippen molar-refractivity contribution in [3.8, 4) is 11.3 Å². The van der Waals surface area contributed by atoms with Gasteiger partial charge in [-0.05, 0) is 53.9 Å². The van der Waals surface area contributed by atoms with E-state index in [0.717, 1.165) is 30.5 Å². The fraction of sp³-hybridized carbons (Fsp3) is 0.522. The van der Waals surface area contributed by atoms with Gasteiger partial charge in [-0.25, -0.2) is 4.39 Å². The standard InChI is InChI=1S/C23H28FN3O/c1-14(2)13-25-21(28)23-11-7-9-17(22(23,3)4)16-12-19(26-27-20(16)23)15-8-5-6-10-18(15)24/h5-6,8,10,12,14,17H,7,9,11,13H2,1-4H3,(H,25,28). The molecule has 1 heterocycles. The van der Waals surface area contributed by atoms with Crippen LogP contribution in [0.2, 0.25) is 0 Å². The Labute approximate surface area is 166 Å². The molecular weight excluding hydrogens is 353 g/mol. The highest BCUT2D eigenvalue weighted by Gasteiger charge is 2.64. The van der Waals surface area contributed by atoms with E-state index in [4.69, 9.17) is 0 Å². The quantitative estimate of drug-likeness (QED) is 0.842. The third kappa shape index (κ3) is 2.59. The molecule has 2 atom stereocenters. The van der Waals surface area contributed by atoms with E-state index in [1.165, 1.54) is 6.07 Å². The summed E-state index contributed by atoms with van der Waals surface area (Å²) in [5.74, 6) is 0.365. The summed E-state index contributed by atoms with van der Waals surface area (Å²) in [5.41, 5.74) is 1.93. The zero-order valence-electron chi connectivity index (χ0n) is 17.1. The van der Waals surface area contributed by atoms with Crippen LogP contribution in [-0.4, -0.2) is 22.6 Å². The third-order valence-electron chi connectivity index (χ3n) is 6.83. The zero-order chi connectivity index (χ0) is 20.1. The van der Waals surface area contributed by atoms with Crippen LogP contribution in [0.1, 0.15) is 64.1 Å². The first-order valence-corrected chi connectivity index (χ1v) is 10.2. The molecule has 4 rings (SSSR count). The minimum absolute atomic E-state index is 0.0580. The number of carbonyl (C=O) groups excluding carboxylic acids is 1. The lowest BCUT2D eigenvalue weighted by Crippen LogP contribution is -2.54. The van der Waals surface area contributed by atoms with Gasteiger partial charge in [0.25, 0.3) is 0 Å². The van der Waals surface area contributed by atoms with Crippen molar-refractivity contribution in [3.63, 3.8) is 0 Å². The Balaban J connectivity index is 1.83. The summed E-state index contributed by atoms with van der Waals surface area (Å²) < 4.78 is 14.3. The summed E-state index contributed by atoms with van der Waals surface area (Å²) in [7, 11) is 0. The van der Waals surface area contributed by atoms with Crippen molar-refractivity contribution in [2.24, 2.45) is 11.3 Å². The molecule has 2 aliphatic rings. The molecule has 2 unspecified atom stereocenters. The number of hydrogen-bond acceptors (Lipinski definition) is 3. The molecule has 148 valence electrons. The van der Waals surface area contributed by atoms with Crippen LogP contribution in [0.3, 0.4) is 0 Å². The molecule has 0 saturated heterocycles. The zero-order valence-corrected chi connectivity index (χ0v) is 17.1. The second-order valence-corrected chi connectivity index (χ2v) is 9.19. The average Bonchev–Trinajstić information content (AvgIpc) is 2.77. The number of fused-ring (bicyclic) bond motifs is 5. The van der Waals surface area contributed by atoms with Gasteiger partial charge in [-0.1, -0.05) is 46.2 Å². The van der Waals surface area contributed by atoms with Crippen molar-refractivity contribution < 1.29 is 9.18 Å². The molecule has 5 heteroatoms. The van der Waals surface area contributed by atoms with E-state index in [1.54, 1.807) is 18.2 Å². The number of amides is 1. The number of nitrogens with zero attached hydrogens (tertiary/aromatic N) is 2. The lowest BCUT2D eigenvalue weighted by atomic mass is 9.56. The normalized spacial score (nSPS) is 24.9. The molecule has 1 saturated carbocycles. The summed E-state index contributed by atoms with van der Waals surface area (Å²) in [6.07, 6.45) is 2.78. The van der Waals surface area contributed by atoms with E-state index < -0.39 is 5.41 Å². The fourth-order valence-corrected chi connectivity index (χ4v) is 5.29. The fourth-order valence-electron chi connectivity index (χ4n) is 5.29. The van der Waals surface area contributed by atoms with Gasteiger partial charge in [-0.15, -0.1) is 0 Å². The van der Waals surface area contributed by atoms with E-state index in [2.05, 4.69) is 43.2 Å². The SMILES string of the molecule is CC(C)CNC(=O)C12CCCC(c3cc(-c4ccccc4F)nnc31)C2(C)C. The topological polar surface area (TPSA) is 54.9 Å². The lowest BCUT2D eigenvalue weighted by Gasteiger charge is -2.46. The minimum atomic E-state index is -0.666. The summed E-state index contributed by atoms with van der Waals surface area (Å²) in [4.78, 5) is 13.4. The molecule has 0 aliphatic heterocycles. The van der Waals surface area contributed by atoms with Gasteiger partial charge in [0, 0.05) is 12.1 Å². The first kappa shape index (κ1) is 19.0. The summed E-state index contributed by atoms with van der Waals surface area (Å²) >= 11 is 0. The largest absolute Gasteiger partial charge is 0.355 e. The summed E-state index contributed by atoms with van der Waals surface area (Å²) in [6.45, 7) is 9.19. The highest BCUT2D eigenvalue weighted by Crippen LogP contribution is 2.64. The molecule has 1 amide bonds. The smallest absolute Gasteiger partial charge is 0.232 e. The number of rotatable bonds is 4. The van der Waals surface area contributed by atoms with E-state index in [0.29, 0.717) is 23.7 Å². The van der Waals surface area contributed by atoms with Crippen molar-refractivity contribution in [1.29, 1.82) is 0 Å². The molecule has 1 fully saturated rings. The predicted molar refractivity (Wildman–Crippen MR) is 107 cm³/mol. The number of halogens is 1. The van der Waals surface area contributed by atoms with Crippen LogP contribution >= 0.6 is 0 Å². The van der Waals surface area contributed by atoms with Gasteiger partial charge in [0.2, 0.25) is 5.91 Å². The Hall–Kier alpha value is -2.30. The maximum absolute atomic E-state index is 14.3. The summed E-state index contributed by atoms with van der Waals surface area (Å²) in [5, 5.41) is 12.1. The van der Waals surface area contributed by atoms with Gasteiger partial charge < -0.3 is 5.32 Å². The molecule has 2 bridgehead atoms. The molecule has 28 heavy (non-hydrogen) atoms. The van der Waals surface area contributed by atoms with E-state index in [9.17, 15) is 9.18 Å². The van der Waals surface area contributed by atoms with Crippen molar-refractivity contribution in [2.45, 2.75) is 58.3 Å². The van der Waals surface area contributed by atoms with Crippen LogP contribution in [0.15, 0.2) is 30.3 Å². The predicted octanol–water partition coefficient (Wildman–Crippen LogP) is 4.60. The van der Waals surface area contributed by atoms with Gasteiger partial charge >= 0.3 is 0 Å². The van der Waals surface area contributed by atoms with Gasteiger partial charge in [0.1, 0.15) is 5.82 Å². The van der Waals surface area contributed by atoms with Crippen LogP contribution in [0.5, 0.6) is 0 Å². The number of nitrogens with one attached hydrogen (secondary N) is 1. The molecule has 2 aromatic rings. The molecule has 0 radical (unpaired) electrons. The second kappa shape index (κ2) is 6.64. The number of hydrogen-bond donors (Lipinski definition) is 1. The van der Waals surface area contributed by atoms with Gasteiger partial charge in [0.15, 0.2) is 0 Å². The Morgan fingerprint density at radius 3 is 2.75 bits per heavy atom. The monoisotopic (exact) mass is 381 g/mol. The number of benzene rings is 1. The summed E-state index contributed by atoms with van der Waals surface area (Å²) in [6, 6.07) is 8.60. The third-order valence-corrected chi connectivity index (χ3v) is 6.83. The van der Waals surface area contributed by atoms with Crippen molar-refractivity contribution in [3.05, 3.63) is 47.4 Å². The number of carbonyl (C=O) groups is 1. The highest BCUT2D eigenvalue weighted by atomic mass is 19.1. The molecule has 0 spiro atoms.